The summed E-state index contributed by atoms with van der Waals surface area (Å²) < 4.78 is 31.3. The van der Waals surface area contributed by atoms with Gasteiger partial charge in [0, 0.05) is 19.1 Å². The van der Waals surface area contributed by atoms with Gasteiger partial charge < -0.3 is 15.0 Å². The Bertz CT molecular complexity index is 754. The number of carbonyl (C=O) groups excluding carboxylic acids is 1. The number of nitrogens with zero attached hydrogens (tertiary/aromatic N) is 2. The Labute approximate surface area is 175 Å². The maximum atomic E-state index is 12.4. The van der Waals surface area contributed by atoms with Crippen LogP contribution >= 0.6 is 0 Å². The van der Waals surface area contributed by atoms with Gasteiger partial charge in [-0.1, -0.05) is 25.5 Å². The molecule has 1 aliphatic rings. The van der Waals surface area contributed by atoms with Crippen molar-refractivity contribution in [2.24, 2.45) is 0 Å². The summed E-state index contributed by atoms with van der Waals surface area (Å²) in [6.07, 6.45) is 6.92. The highest BCUT2D eigenvalue weighted by atomic mass is 32.2. The summed E-state index contributed by atoms with van der Waals surface area (Å²) in [5, 5.41) is 2.87. The van der Waals surface area contributed by atoms with Crippen LogP contribution in [-0.4, -0.2) is 64.3 Å². The van der Waals surface area contributed by atoms with Gasteiger partial charge in [0.2, 0.25) is 15.9 Å². The number of nitrogens with one attached hydrogen (secondary N) is 1. The standard InChI is InChI=1S/C21H35N3O4S/c1-4-18-11-8-9-15-23(18)16-10-14-22-21(25)17-24(29(3,26)27)19-12-6-7-13-20(19)28-5-2/h6-7,12-13,18H,4-5,8-11,14-17H2,1-3H3,(H,22,25). The van der Waals surface area contributed by atoms with Gasteiger partial charge in [0.25, 0.3) is 0 Å². The number of ether oxygens (including phenoxy) is 1. The fourth-order valence-electron chi connectivity index (χ4n) is 3.83. The molecule has 0 bridgehead atoms. The molecule has 1 heterocycles. The van der Waals surface area contributed by atoms with Gasteiger partial charge in [0.15, 0.2) is 0 Å². The molecular formula is C21H35N3O4S. The highest BCUT2D eigenvalue weighted by Crippen LogP contribution is 2.29. The van der Waals surface area contributed by atoms with E-state index in [-0.39, 0.29) is 12.5 Å². The van der Waals surface area contributed by atoms with Crippen LogP contribution in [0.25, 0.3) is 0 Å². The number of likely N-dealkylation sites (tertiary alicyclic amines) is 1. The minimum absolute atomic E-state index is 0.260. The lowest BCUT2D eigenvalue weighted by atomic mass is 10.00. The van der Waals surface area contributed by atoms with Crippen molar-refractivity contribution >= 4 is 21.6 Å². The average molecular weight is 426 g/mol. The van der Waals surface area contributed by atoms with Gasteiger partial charge in [-0.2, -0.15) is 0 Å². The Morgan fingerprint density at radius 1 is 1.28 bits per heavy atom. The molecule has 1 fully saturated rings. The summed E-state index contributed by atoms with van der Waals surface area (Å²) in [4.78, 5) is 15.0. The van der Waals surface area contributed by atoms with Crippen LogP contribution < -0.4 is 14.4 Å². The van der Waals surface area contributed by atoms with E-state index in [1.165, 1.54) is 19.3 Å². The van der Waals surface area contributed by atoms with Gasteiger partial charge >= 0.3 is 0 Å². The van der Waals surface area contributed by atoms with Crippen LogP contribution in [0.15, 0.2) is 24.3 Å². The summed E-state index contributed by atoms with van der Waals surface area (Å²) >= 11 is 0. The lowest BCUT2D eigenvalue weighted by Crippen LogP contribution is -2.42. The lowest BCUT2D eigenvalue weighted by molar-refractivity contribution is -0.119. The summed E-state index contributed by atoms with van der Waals surface area (Å²) in [7, 11) is -3.63. The number of amides is 1. The molecule has 0 aliphatic carbocycles. The molecule has 7 nitrogen and oxygen atoms in total. The summed E-state index contributed by atoms with van der Waals surface area (Å²) in [6.45, 7) is 6.84. The molecular weight excluding hydrogens is 390 g/mol. The van der Waals surface area contributed by atoms with Crippen LogP contribution in [0.2, 0.25) is 0 Å². The first-order chi connectivity index (χ1) is 13.9. The number of carbonyl (C=O) groups is 1. The van der Waals surface area contributed by atoms with E-state index in [1.54, 1.807) is 24.3 Å². The average Bonchev–Trinajstić information content (AvgIpc) is 2.70. The molecule has 0 radical (unpaired) electrons. The first kappa shape index (κ1) is 23.5. The number of hydrogen-bond acceptors (Lipinski definition) is 5. The number of sulfonamides is 1. The molecule has 29 heavy (non-hydrogen) atoms. The third-order valence-corrected chi connectivity index (χ3v) is 6.41. The van der Waals surface area contributed by atoms with Gasteiger partial charge in [0.05, 0.1) is 18.6 Å². The van der Waals surface area contributed by atoms with Crippen LogP contribution in [-0.2, 0) is 14.8 Å². The number of benzene rings is 1. The monoisotopic (exact) mass is 425 g/mol. The summed E-state index contributed by atoms with van der Waals surface area (Å²) in [5.41, 5.74) is 0.381. The molecule has 164 valence electrons. The smallest absolute Gasteiger partial charge is 0.240 e. The molecule has 1 aromatic rings. The number of anilines is 1. The molecule has 0 spiro atoms. The van der Waals surface area contributed by atoms with Crippen molar-refractivity contribution in [1.82, 2.24) is 10.2 Å². The Morgan fingerprint density at radius 2 is 2.03 bits per heavy atom. The van der Waals surface area contributed by atoms with Crippen molar-refractivity contribution in [3.8, 4) is 5.75 Å². The molecule has 0 saturated carbocycles. The zero-order chi connectivity index (χ0) is 21.3. The predicted octanol–water partition coefficient (Wildman–Crippen LogP) is 2.62. The molecule has 1 N–H and O–H groups in total. The van der Waals surface area contributed by atoms with Crippen molar-refractivity contribution in [1.29, 1.82) is 0 Å². The molecule has 8 heteroatoms. The second kappa shape index (κ2) is 11.4. The van der Waals surface area contributed by atoms with Crippen molar-refractivity contribution < 1.29 is 17.9 Å². The molecule has 1 unspecified atom stereocenters. The van der Waals surface area contributed by atoms with E-state index in [0.717, 1.165) is 36.5 Å². The van der Waals surface area contributed by atoms with Gasteiger partial charge in [-0.05, 0) is 51.3 Å². The molecule has 2 rings (SSSR count). The molecule has 1 atom stereocenters. The fourth-order valence-corrected chi connectivity index (χ4v) is 4.69. The van der Waals surface area contributed by atoms with E-state index in [9.17, 15) is 13.2 Å². The van der Waals surface area contributed by atoms with E-state index in [1.807, 2.05) is 6.92 Å². The van der Waals surface area contributed by atoms with Gasteiger partial charge in [-0.25, -0.2) is 8.42 Å². The third-order valence-electron chi connectivity index (χ3n) is 5.29. The highest BCUT2D eigenvalue weighted by Gasteiger charge is 2.24. The summed E-state index contributed by atoms with van der Waals surface area (Å²) in [5.74, 6) is 0.136. The van der Waals surface area contributed by atoms with Crippen LogP contribution in [0.4, 0.5) is 5.69 Å². The normalized spacial score (nSPS) is 17.7. The third kappa shape index (κ3) is 7.19. The Kier molecular flexibility index (Phi) is 9.23. The van der Waals surface area contributed by atoms with Crippen LogP contribution in [0.1, 0.15) is 46.0 Å². The summed E-state index contributed by atoms with van der Waals surface area (Å²) in [6, 6.07) is 7.52. The fraction of sp³-hybridized carbons (Fsp3) is 0.667. The largest absolute Gasteiger partial charge is 0.492 e. The predicted molar refractivity (Wildman–Crippen MR) is 117 cm³/mol. The Hall–Kier alpha value is -1.80. The molecule has 1 aromatic carbocycles. The second-order valence-corrected chi connectivity index (χ2v) is 9.37. The first-order valence-corrected chi connectivity index (χ1v) is 12.4. The van der Waals surface area contributed by atoms with Gasteiger partial charge in [-0.3, -0.25) is 9.10 Å². The van der Waals surface area contributed by atoms with E-state index in [2.05, 4.69) is 17.1 Å². The molecule has 1 amide bonds. The van der Waals surface area contributed by atoms with E-state index < -0.39 is 10.0 Å². The van der Waals surface area contributed by atoms with Gasteiger partial charge in [-0.15, -0.1) is 0 Å². The van der Waals surface area contributed by atoms with Crippen LogP contribution in [0.3, 0.4) is 0 Å². The maximum Gasteiger partial charge on any atom is 0.240 e. The van der Waals surface area contributed by atoms with Crippen molar-refractivity contribution in [3.05, 3.63) is 24.3 Å². The van der Waals surface area contributed by atoms with Crippen LogP contribution in [0.5, 0.6) is 5.75 Å². The number of piperidine rings is 1. The lowest BCUT2D eigenvalue weighted by Gasteiger charge is -2.35. The van der Waals surface area contributed by atoms with E-state index >= 15 is 0 Å². The number of para-hydroxylation sites is 2. The van der Waals surface area contributed by atoms with E-state index in [0.29, 0.717) is 30.6 Å². The molecule has 0 aromatic heterocycles. The SMILES string of the molecule is CCOc1ccccc1N(CC(=O)NCCCN1CCCCC1CC)S(C)(=O)=O. The van der Waals surface area contributed by atoms with Crippen molar-refractivity contribution in [2.75, 3.05) is 43.3 Å². The van der Waals surface area contributed by atoms with Crippen molar-refractivity contribution in [2.45, 2.75) is 52.0 Å². The maximum absolute atomic E-state index is 12.4. The molecule has 1 saturated heterocycles. The molecule has 1 aliphatic heterocycles. The zero-order valence-corrected chi connectivity index (χ0v) is 18.7. The minimum Gasteiger partial charge on any atom is -0.492 e. The van der Waals surface area contributed by atoms with Crippen LogP contribution in [0, 0.1) is 0 Å². The highest BCUT2D eigenvalue weighted by molar-refractivity contribution is 7.92. The number of hydrogen-bond donors (Lipinski definition) is 1. The Morgan fingerprint density at radius 3 is 2.72 bits per heavy atom. The van der Waals surface area contributed by atoms with Crippen molar-refractivity contribution in [3.63, 3.8) is 0 Å². The quantitative estimate of drug-likeness (QED) is 0.552. The minimum atomic E-state index is -3.63. The first-order valence-electron chi connectivity index (χ1n) is 10.6. The second-order valence-electron chi connectivity index (χ2n) is 7.47. The van der Waals surface area contributed by atoms with Gasteiger partial charge in [0.1, 0.15) is 12.3 Å². The topological polar surface area (TPSA) is 79.0 Å². The number of rotatable bonds is 11. The zero-order valence-electron chi connectivity index (χ0n) is 17.9. The van der Waals surface area contributed by atoms with E-state index in [4.69, 9.17) is 4.74 Å². The Balaban J connectivity index is 1.91.